The van der Waals surface area contributed by atoms with Gasteiger partial charge in [0.2, 0.25) is 0 Å². The maximum atomic E-state index is 10.7. The van der Waals surface area contributed by atoms with E-state index in [2.05, 4.69) is 31.4 Å². The molecule has 3 aromatic carbocycles. The van der Waals surface area contributed by atoms with Crippen LogP contribution in [-0.4, -0.2) is 40.7 Å². The van der Waals surface area contributed by atoms with Crippen LogP contribution in [-0.2, 0) is 0 Å². The van der Waals surface area contributed by atoms with Gasteiger partial charge in [-0.25, -0.2) is 4.99 Å². The zero-order chi connectivity index (χ0) is 24.2. The molecule has 7 nitrogen and oxygen atoms in total. The molecule has 0 spiro atoms. The first-order chi connectivity index (χ1) is 16.6. The fraction of sp³-hybridized carbons (Fsp3) is 0.160. The van der Waals surface area contributed by atoms with E-state index in [1.165, 1.54) is 11.8 Å². The van der Waals surface area contributed by atoms with Crippen LogP contribution in [0.1, 0.15) is 16.7 Å². The van der Waals surface area contributed by atoms with E-state index in [0.717, 1.165) is 16.9 Å². The van der Waals surface area contributed by atoms with Gasteiger partial charge in [0.15, 0.2) is 10.7 Å². The highest BCUT2D eigenvalue weighted by Crippen LogP contribution is 2.22. The van der Waals surface area contributed by atoms with Gasteiger partial charge in [0.25, 0.3) is 0 Å². The summed E-state index contributed by atoms with van der Waals surface area (Å²) in [4.78, 5) is 4.52. The fourth-order valence-corrected chi connectivity index (χ4v) is 3.69. The van der Waals surface area contributed by atoms with Crippen molar-refractivity contribution >= 4 is 52.5 Å². The van der Waals surface area contributed by atoms with E-state index in [0.29, 0.717) is 16.3 Å². The van der Waals surface area contributed by atoms with Crippen LogP contribution in [0, 0.1) is 6.92 Å². The van der Waals surface area contributed by atoms with Crippen LogP contribution in [0.2, 0.25) is 0 Å². The van der Waals surface area contributed by atoms with Gasteiger partial charge in [0, 0.05) is 16.8 Å². The summed E-state index contributed by atoms with van der Waals surface area (Å²) in [6.07, 6.45) is 7.09. The average molecular weight is 493 g/mol. The molecule has 0 bridgehead atoms. The molecule has 0 saturated heterocycles. The largest absolute Gasteiger partial charge is 0.507 e. The molecular formula is C25H28N6OS2. The zero-order valence-corrected chi connectivity index (χ0v) is 20.9. The molecule has 0 fully saturated rings. The summed E-state index contributed by atoms with van der Waals surface area (Å²) in [5, 5.41) is 23.3. The van der Waals surface area contributed by atoms with Gasteiger partial charge in [-0.1, -0.05) is 48.2 Å². The topological polar surface area (TPSA) is 93.4 Å². The second-order valence-electron chi connectivity index (χ2n) is 7.13. The third-order valence-electron chi connectivity index (χ3n) is 4.56. The Morgan fingerprint density at radius 3 is 2.15 bits per heavy atom. The molecule has 0 aliphatic carbocycles. The van der Waals surface area contributed by atoms with E-state index in [1.807, 2.05) is 92.2 Å². The van der Waals surface area contributed by atoms with Crippen molar-refractivity contribution in [2.75, 3.05) is 17.8 Å². The maximum Gasteiger partial charge on any atom is 0.182 e. The Morgan fingerprint density at radius 1 is 0.912 bits per heavy atom. The summed E-state index contributed by atoms with van der Waals surface area (Å²) in [6.45, 7) is 1.96. The highest BCUT2D eigenvalue weighted by atomic mass is 32.2. The van der Waals surface area contributed by atoms with Gasteiger partial charge < -0.3 is 10.4 Å². The van der Waals surface area contributed by atoms with Gasteiger partial charge in [-0.3, -0.25) is 10.9 Å². The molecule has 3 aromatic rings. The van der Waals surface area contributed by atoms with Crippen molar-refractivity contribution in [2.24, 2.45) is 15.2 Å². The predicted molar refractivity (Wildman–Crippen MR) is 149 cm³/mol. The van der Waals surface area contributed by atoms with Crippen molar-refractivity contribution in [3.63, 3.8) is 0 Å². The van der Waals surface area contributed by atoms with Crippen molar-refractivity contribution in [3.05, 3.63) is 89.5 Å². The summed E-state index contributed by atoms with van der Waals surface area (Å²) in [5.74, 6) is 0.101. The first-order valence-electron chi connectivity index (χ1n) is 10.5. The minimum atomic E-state index is -0.121. The zero-order valence-electron chi connectivity index (χ0n) is 19.3. The third-order valence-corrected chi connectivity index (χ3v) is 5.82. The lowest BCUT2D eigenvalue weighted by molar-refractivity contribution is 0.473. The average Bonchev–Trinajstić information content (AvgIpc) is 2.86. The number of thioether (sulfide) groups is 2. The number of phenols is 1. The summed E-state index contributed by atoms with van der Waals surface area (Å²) in [7, 11) is 0. The third kappa shape index (κ3) is 7.86. The molecule has 0 aromatic heterocycles. The van der Waals surface area contributed by atoms with Crippen molar-refractivity contribution in [2.45, 2.75) is 12.4 Å². The summed E-state index contributed by atoms with van der Waals surface area (Å²) in [5.41, 5.74) is 9.87. The molecule has 176 valence electrons. The Balaban J connectivity index is 1.67. The fourth-order valence-electron chi connectivity index (χ4n) is 2.93. The molecular weight excluding hydrogens is 464 g/mol. The molecule has 9 heteroatoms. The van der Waals surface area contributed by atoms with Crippen LogP contribution in [0.3, 0.4) is 0 Å². The van der Waals surface area contributed by atoms with Gasteiger partial charge in [0.05, 0.1) is 18.1 Å². The Kier molecular flexibility index (Phi) is 9.87. The van der Waals surface area contributed by atoms with E-state index in [9.17, 15) is 5.11 Å². The standard InChI is InChI=1S/C25H28N6OS2/c1-18-14-19(16-26-30-24(33-2)28-21-10-6-4-7-11-21)23(32)20(15-18)17-27-31-25(34-3)29-22-12-8-5-9-13-22/h4-17,24,28,30,32H,1-3H3,(H,29,31)/b26-16-,27-17-/t24-/m0/s1. The molecule has 0 amide bonds. The van der Waals surface area contributed by atoms with E-state index < -0.39 is 0 Å². The van der Waals surface area contributed by atoms with Gasteiger partial charge in [-0.2, -0.15) is 10.2 Å². The van der Waals surface area contributed by atoms with Crippen molar-refractivity contribution in [1.82, 2.24) is 10.9 Å². The molecule has 4 N–H and O–H groups in total. The van der Waals surface area contributed by atoms with Gasteiger partial charge in [-0.15, -0.1) is 11.8 Å². The number of nitrogens with zero attached hydrogens (tertiary/aromatic N) is 3. The SMILES string of the molecule is CSC(=Nc1ccccc1)N/N=C\c1cc(C)cc(/C=N\N[C@H](Nc2ccccc2)SC)c1O. The number of hydrazone groups is 2. The van der Waals surface area contributed by atoms with Crippen LogP contribution in [0.15, 0.2) is 88.0 Å². The molecule has 3 rings (SSSR count). The number of hydrogen-bond donors (Lipinski definition) is 4. The lowest BCUT2D eigenvalue weighted by Gasteiger charge is -2.17. The number of rotatable bonds is 9. The number of benzene rings is 3. The lowest BCUT2D eigenvalue weighted by Crippen LogP contribution is -2.29. The second-order valence-corrected chi connectivity index (χ2v) is 8.87. The minimum Gasteiger partial charge on any atom is -0.507 e. The number of nitrogens with one attached hydrogen (secondary N) is 3. The Morgan fingerprint density at radius 2 is 1.53 bits per heavy atom. The number of aliphatic imine (C=N–C) groups is 1. The van der Waals surface area contributed by atoms with E-state index in [-0.39, 0.29) is 11.2 Å². The van der Waals surface area contributed by atoms with Crippen LogP contribution < -0.4 is 16.2 Å². The van der Waals surface area contributed by atoms with Crippen LogP contribution in [0.25, 0.3) is 0 Å². The van der Waals surface area contributed by atoms with E-state index in [4.69, 9.17) is 0 Å². The number of anilines is 1. The molecule has 0 saturated carbocycles. The van der Waals surface area contributed by atoms with Crippen LogP contribution >= 0.6 is 23.5 Å². The number of para-hydroxylation sites is 2. The second kappa shape index (κ2) is 13.3. The van der Waals surface area contributed by atoms with Crippen LogP contribution in [0.4, 0.5) is 11.4 Å². The van der Waals surface area contributed by atoms with Crippen molar-refractivity contribution < 1.29 is 5.11 Å². The number of aromatic hydroxyl groups is 1. The molecule has 0 radical (unpaired) electrons. The number of hydrogen-bond acceptors (Lipinski definition) is 8. The summed E-state index contributed by atoms with van der Waals surface area (Å²) >= 11 is 3.04. The molecule has 0 heterocycles. The first-order valence-corrected chi connectivity index (χ1v) is 13.0. The Labute approximate surface area is 208 Å². The molecule has 34 heavy (non-hydrogen) atoms. The highest BCUT2D eigenvalue weighted by molar-refractivity contribution is 8.13. The monoisotopic (exact) mass is 492 g/mol. The van der Waals surface area contributed by atoms with Gasteiger partial charge >= 0.3 is 0 Å². The van der Waals surface area contributed by atoms with E-state index >= 15 is 0 Å². The minimum absolute atomic E-state index is 0.101. The van der Waals surface area contributed by atoms with Crippen LogP contribution in [0.5, 0.6) is 5.75 Å². The number of phenolic OH excluding ortho intramolecular Hbond substituents is 1. The first kappa shape index (κ1) is 25.2. The maximum absolute atomic E-state index is 10.7. The van der Waals surface area contributed by atoms with Gasteiger partial charge in [-0.05, 0) is 61.4 Å². The number of amidine groups is 1. The smallest absolute Gasteiger partial charge is 0.182 e. The molecule has 0 unspecified atom stereocenters. The quantitative estimate of drug-likeness (QED) is 0.139. The van der Waals surface area contributed by atoms with Crippen molar-refractivity contribution in [3.8, 4) is 5.75 Å². The summed E-state index contributed by atoms with van der Waals surface area (Å²) in [6, 6.07) is 23.3. The molecule has 1 atom stereocenters. The lowest BCUT2D eigenvalue weighted by atomic mass is 10.1. The molecule has 0 aliphatic heterocycles. The number of aryl methyl sites for hydroxylation is 1. The van der Waals surface area contributed by atoms with Gasteiger partial charge in [0.1, 0.15) is 5.75 Å². The highest BCUT2D eigenvalue weighted by Gasteiger charge is 2.07. The molecule has 0 aliphatic rings. The van der Waals surface area contributed by atoms with E-state index in [1.54, 1.807) is 24.2 Å². The Bertz CT molecular complexity index is 1140. The van der Waals surface area contributed by atoms with Crippen molar-refractivity contribution in [1.29, 1.82) is 0 Å². The summed E-state index contributed by atoms with van der Waals surface area (Å²) < 4.78 is 0. The predicted octanol–water partition coefficient (Wildman–Crippen LogP) is 5.36. The Hall–Kier alpha value is -3.43. The normalized spacial score (nSPS) is 12.7.